The summed E-state index contributed by atoms with van der Waals surface area (Å²) in [4.78, 5) is 0. The van der Waals surface area contributed by atoms with Gasteiger partial charge in [0.05, 0.1) is 11.6 Å². The summed E-state index contributed by atoms with van der Waals surface area (Å²) < 4.78 is 0. The molecule has 1 N–H and O–H groups in total. The van der Waals surface area contributed by atoms with Gasteiger partial charge in [-0.1, -0.05) is 12.1 Å². The second kappa shape index (κ2) is 5.84. The van der Waals surface area contributed by atoms with Gasteiger partial charge >= 0.3 is 0 Å². The van der Waals surface area contributed by atoms with E-state index in [1.165, 1.54) is 31.2 Å². The summed E-state index contributed by atoms with van der Waals surface area (Å²) >= 11 is 0. The molecule has 17 heavy (non-hydrogen) atoms. The zero-order valence-corrected chi connectivity index (χ0v) is 10.1. The summed E-state index contributed by atoms with van der Waals surface area (Å²) in [6, 6.07) is 10.2. The van der Waals surface area contributed by atoms with Gasteiger partial charge in [0, 0.05) is 6.61 Å². The van der Waals surface area contributed by atoms with Crippen molar-refractivity contribution >= 4 is 0 Å². The molecule has 0 aromatic heterocycles. The summed E-state index contributed by atoms with van der Waals surface area (Å²) in [5, 5.41) is 17.7. The highest BCUT2D eigenvalue weighted by Crippen LogP contribution is 2.36. The molecule has 0 bridgehead atoms. The molecule has 1 aliphatic carbocycles. The molecule has 0 aliphatic heterocycles. The molecule has 2 rings (SSSR count). The van der Waals surface area contributed by atoms with Gasteiger partial charge in [0.1, 0.15) is 0 Å². The predicted molar refractivity (Wildman–Crippen MR) is 67.6 cm³/mol. The Labute approximate surface area is 103 Å². The zero-order chi connectivity index (χ0) is 12.1. The number of aliphatic hydroxyl groups excluding tert-OH is 1. The summed E-state index contributed by atoms with van der Waals surface area (Å²) in [6.07, 6.45) is 5.85. The van der Waals surface area contributed by atoms with Crippen molar-refractivity contribution in [3.8, 4) is 6.07 Å². The van der Waals surface area contributed by atoms with Crippen LogP contribution in [0.2, 0.25) is 0 Å². The fourth-order valence-corrected chi connectivity index (χ4v) is 2.80. The molecule has 1 saturated carbocycles. The monoisotopic (exact) mass is 229 g/mol. The molecular weight excluding hydrogens is 210 g/mol. The van der Waals surface area contributed by atoms with E-state index in [1.54, 1.807) is 0 Å². The highest BCUT2D eigenvalue weighted by atomic mass is 16.3. The van der Waals surface area contributed by atoms with Crippen LogP contribution in [-0.4, -0.2) is 11.7 Å². The number of nitrogens with zero attached hydrogens (tertiary/aromatic N) is 1. The molecule has 0 unspecified atom stereocenters. The summed E-state index contributed by atoms with van der Waals surface area (Å²) in [5.74, 6) is 1.37. The van der Waals surface area contributed by atoms with Crippen LogP contribution in [0.5, 0.6) is 0 Å². The van der Waals surface area contributed by atoms with Gasteiger partial charge in [-0.3, -0.25) is 0 Å². The molecule has 2 heteroatoms. The minimum Gasteiger partial charge on any atom is -0.396 e. The SMILES string of the molecule is N#Cc1ccc([C@H]2CC[C@H](CCO)CC2)cc1. The first-order valence-corrected chi connectivity index (χ1v) is 6.44. The highest BCUT2D eigenvalue weighted by molar-refractivity contribution is 5.33. The molecule has 1 aromatic carbocycles. The second-order valence-electron chi connectivity index (χ2n) is 4.96. The Bertz CT molecular complexity index is 382. The lowest BCUT2D eigenvalue weighted by Gasteiger charge is -2.28. The molecule has 1 fully saturated rings. The molecule has 0 spiro atoms. The maximum atomic E-state index is 8.93. The third-order valence-electron chi connectivity index (χ3n) is 3.90. The average molecular weight is 229 g/mol. The van der Waals surface area contributed by atoms with Crippen LogP contribution in [0, 0.1) is 17.2 Å². The molecular formula is C15H19NO. The molecule has 90 valence electrons. The minimum absolute atomic E-state index is 0.326. The molecule has 1 aliphatic rings. The first-order chi connectivity index (χ1) is 8.33. The first kappa shape index (κ1) is 12.1. The fraction of sp³-hybridized carbons (Fsp3) is 0.533. The Balaban J connectivity index is 1.94. The van der Waals surface area contributed by atoms with Gasteiger partial charge in [-0.05, 0) is 61.6 Å². The van der Waals surface area contributed by atoms with Crippen molar-refractivity contribution < 1.29 is 5.11 Å². The number of hydrogen-bond donors (Lipinski definition) is 1. The van der Waals surface area contributed by atoms with E-state index in [1.807, 2.05) is 12.1 Å². The molecule has 1 aromatic rings. The van der Waals surface area contributed by atoms with Crippen LogP contribution in [0.1, 0.15) is 49.1 Å². The second-order valence-corrected chi connectivity index (χ2v) is 4.96. The van der Waals surface area contributed by atoms with Crippen LogP contribution in [0.4, 0.5) is 0 Å². The predicted octanol–water partition coefficient (Wildman–Crippen LogP) is 3.21. The van der Waals surface area contributed by atoms with E-state index >= 15 is 0 Å². The number of aliphatic hydroxyl groups is 1. The normalized spacial score (nSPS) is 24.2. The summed E-state index contributed by atoms with van der Waals surface area (Å²) in [7, 11) is 0. The maximum absolute atomic E-state index is 8.93. The smallest absolute Gasteiger partial charge is 0.0991 e. The number of benzene rings is 1. The van der Waals surface area contributed by atoms with Crippen LogP contribution >= 0.6 is 0 Å². The van der Waals surface area contributed by atoms with Gasteiger partial charge < -0.3 is 5.11 Å². The van der Waals surface area contributed by atoms with Gasteiger partial charge in [-0.15, -0.1) is 0 Å². The van der Waals surface area contributed by atoms with E-state index in [0.29, 0.717) is 12.5 Å². The number of hydrogen-bond acceptors (Lipinski definition) is 2. The largest absolute Gasteiger partial charge is 0.396 e. The number of rotatable bonds is 3. The zero-order valence-electron chi connectivity index (χ0n) is 10.1. The standard InChI is InChI=1S/C15H19NO/c16-11-13-3-7-15(8-4-13)14-5-1-12(2-6-14)9-10-17/h3-4,7-8,12,14,17H,1-2,5-6,9-10H2/t12-,14-. The van der Waals surface area contributed by atoms with Crippen molar-refractivity contribution in [1.29, 1.82) is 5.26 Å². The lowest BCUT2D eigenvalue weighted by atomic mass is 9.77. The van der Waals surface area contributed by atoms with Crippen molar-refractivity contribution in [3.05, 3.63) is 35.4 Å². The Kier molecular flexibility index (Phi) is 4.17. The Morgan fingerprint density at radius 2 is 1.76 bits per heavy atom. The Hall–Kier alpha value is -1.33. The van der Waals surface area contributed by atoms with Crippen molar-refractivity contribution in [2.45, 2.75) is 38.0 Å². The van der Waals surface area contributed by atoms with Crippen molar-refractivity contribution in [2.75, 3.05) is 6.61 Å². The average Bonchev–Trinajstić information content (AvgIpc) is 2.40. The molecule has 0 atom stereocenters. The van der Waals surface area contributed by atoms with E-state index in [-0.39, 0.29) is 0 Å². The fourth-order valence-electron chi connectivity index (χ4n) is 2.80. The topological polar surface area (TPSA) is 44.0 Å². The van der Waals surface area contributed by atoms with Gasteiger partial charge in [0.2, 0.25) is 0 Å². The lowest BCUT2D eigenvalue weighted by molar-refractivity contribution is 0.222. The molecule has 2 nitrogen and oxygen atoms in total. The highest BCUT2D eigenvalue weighted by Gasteiger charge is 2.21. The quantitative estimate of drug-likeness (QED) is 0.864. The minimum atomic E-state index is 0.326. The van der Waals surface area contributed by atoms with E-state index in [9.17, 15) is 0 Å². The molecule has 0 heterocycles. The van der Waals surface area contributed by atoms with Gasteiger partial charge in [0.25, 0.3) is 0 Å². The molecule has 0 amide bonds. The third-order valence-corrected chi connectivity index (χ3v) is 3.90. The van der Waals surface area contributed by atoms with Crippen molar-refractivity contribution in [2.24, 2.45) is 5.92 Å². The van der Waals surface area contributed by atoms with Crippen molar-refractivity contribution in [1.82, 2.24) is 0 Å². The summed E-state index contributed by atoms with van der Waals surface area (Å²) in [5.41, 5.74) is 2.11. The lowest BCUT2D eigenvalue weighted by Crippen LogP contribution is -2.14. The van der Waals surface area contributed by atoms with E-state index in [0.717, 1.165) is 17.9 Å². The van der Waals surface area contributed by atoms with Gasteiger partial charge in [0.15, 0.2) is 0 Å². The maximum Gasteiger partial charge on any atom is 0.0991 e. The van der Waals surface area contributed by atoms with Crippen LogP contribution in [0.15, 0.2) is 24.3 Å². The third kappa shape index (κ3) is 3.08. The molecule has 0 radical (unpaired) electrons. The van der Waals surface area contributed by atoms with Crippen LogP contribution in [0.25, 0.3) is 0 Å². The van der Waals surface area contributed by atoms with E-state index < -0.39 is 0 Å². The summed E-state index contributed by atoms with van der Waals surface area (Å²) in [6.45, 7) is 0.326. The Morgan fingerprint density at radius 1 is 1.12 bits per heavy atom. The van der Waals surface area contributed by atoms with Gasteiger partial charge in [-0.2, -0.15) is 5.26 Å². The van der Waals surface area contributed by atoms with E-state index in [2.05, 4.69) is 18.2 Å². The van der Waals surface area contributed by atoms with Crippen molar-refractivity contribution in [3.63, 3.8) is 0 Å². The first-order valence-electron chi connectivity index (χ1n) is 6.44. The number of nitriles is 1. The van der Waals surface area contributed by atoms with Crippen LogP contribution in [0.3, 0.4) is 0 Å². The molecule has 0 saturated heterocycles. The Morgan fingerprint density at radius 3 is 2.29 bits per heavy atom. The van der Waals surface area contributed by atoms with E-state index in [4.69, 9.17) is 10.4 Å². The van der Waals surface area contributed by atoms with Gasteiger partial charge in [-0.25, -0.2) is 0 Å². The van der Waals surface area contributed by atoms with Crippen LogP contribution < -0.4 is 0 Å². The van der Waals surface area contributed by atoms with Crippen LogP contribution in [-0.2, 0) is 0 Å².